The van der Waals surface area contributed by atoms with E-state index in [1.165, 1.54) is 10.9 Å². The van der Waals surface area contributed by atoms with Gasteiger partial charge >= 0.3 is 0 Å². The molecule has 0 saturated heterocycles. The fourth-order valence-corrected chi connectivity index (χ4v) is 0.785. The van der Waals surface area contributed by atoms with E-state index in [-0.39, 0.29) is 5.82 Å². The number of hydrogen-bond acceptors (Lipinski definition) is 6. The highest BCUT2D eigenvalue weighted by molar-refractivity contribution is 5.47. The first-order chi connectivity index (χ1) is 5.88. The zero-order chi connectivity index (χ0) is 8.39. The maximum Gasteiger partial charge on any atom is 0.175 e. The van der Waals surface area contributed by atoms with Gasteiger partial charge < -0.3 is 5.73 Å². The van der Waals surface area contributed by atoms with Crippen LogP contribution in [-0.4, -0.2) is 30.4 Å². The van der Waals surface area contributed by atoms with E-state index in [0.29, 0.717) is 5.69 Å². The van der Waals surface area contributed by atoms with Gasteiger partial charge in [-0.2, -0.15) is 0 Å². The van der Waals surface area contributed by atoms with Gasteiger partial charge in [0.05, 0.1) is 18.6 Å². The number of aromatic nitrogens is 6. The summed E-state index contributed by atoms with van der Waals surface area (Å²) >= 11 is 0. The molecule has 0 fully saturated rings. The van der Waals surface area contributed by atoms with Gasteiger partial charge in [0.25, 0.3) is 0 Å². The van der Waals surface area contributed by atoms with Crippen LogP contribution in [0.1, 0.15) is 0 Å². The largest absolute Gasteiger partial charge is 0.380 e. The van der Waals surface area contributed by atoms with Crippen molar-refractivity contribution in [3.8, 4) is 5.69 Å². The minimum absolute atomic E-state index is 0.274. The Morgan fingerprint density at radius 3 is 2.92 bits per heavy atom. The predicted octanol–water partition coefficient (Wildman–Crippen LogP) is -0.966. The number of nitrogen functional groups attached to an aromatic ring is 1. The lowest BCUT2D eigenvalue weighted by Crippen LogP contribution is -2.05. The minimum Gasteiger partial charge on any atom is -0.380 e. The number of anilines is 1. The Labute approximate surface area is 67.2 Å². The maximum absolute atomic E-state index is 5.51. The SMILES string of the molecule is Nc1nnncc1-n1ccnn1. The number of nitrogens with two attached hydrogens (primary N) is 1. The van der Waals surface area contributed by atoms with Gasteiger partial charge in [-0.25, -0.2) is 4.68 Å². The first-order valence-corrected chi connectivity index (χ1v) is 3.18. The smallest absolute Gasteiger partial charge is 0.175 e. The molecule has 2 aromatic heterocycles. The highest BCUT2D eigenvalue weighted by Crippen LogP contribution is 2.07. The van der Waals surface area contributed by atoms with Crippen LogP contribution in [0.15, 0.2) is 18.6 Å². The number of rotatable bonds is 1. The average molecular weight is 163 g/mol. The van der Waals surface area contributed by atoms with Gasteiger partial charge in [0.15, 0.2) is 5.82 Å². The second kappa shape index (κ2) is 2.53. The predicted molar refractivity (Wildman–Crippen MR) is 39.2 cm³/mol. The molecule has 0 aromatic carbocycles. The van der Waals surface area contributed by atoms with Crippen molar-refractivity contribution in [3.63, 3.8) is 0 Å². The molecule has 2 heterocycles. The molecule has 7 nitrogen and oxygen atoms in total. The molecule has 0 aliphatic carbocycles. The molecule has 2 rings (SSSR count). The Balaban J connectivity index is 2.55. The van der Waals surface area contributed by atoms with Crippen molar-refractivity contribution in [2.45, 2.75) is 0 Å². The first-order valence-electron chi connectivity index (χ1n) is 3.18. The molecule has 12 heavy (non-hydrogen) atoms. The first kappa shape index (κ1) is 6.65. The summed E-state index contributed by atoms with van der Waals surface area (Å²) in [5.41, 5.74) is 6.08. The summed E-state index contributed by atoms with van der Waals surface area (Å²) in [4.78, 5) is 0. The molecular formula is C5H5N7. The highest BCUT2D eigenvalue weighted by Gasteiger charge is 2.02. The molecule has 2 N–H and O–H groups in total. The van der Waals surface area contributed by atoms with Crippen LogP contribution in [0.2, 0.25) is 0 Å². The van der Waals surface area contributed by atoms with Gasteiger partial charge in [0, 0.05) is 0 Å². The van der Waals surface area contributed by atoms with E-state index in [1.54, 1.807) is 12.4 Å². The van der Waals surface area contributed by atoms with Crippen molar-refractivity contribution >= 4 is 5.82 Å². The monoisotopic (exact) mass is 163 g/mol. The van der Waals surface area contributed by atoms with Gasteiger partial charge in [-0.05, 0) is 5.21 Å². The number of hydrogen-bond donors (Lipinski definition) is 1. The summed E-state index contributed by atoms with van der Waals surface area (Å²) < 4.78 is 1.47. The zero-order valence-corrected chi connectivity index (χ0v) is 5.99. The van der Waals surface area contributed by atoms with Crippen molar-refractivity contribution < 1.29 is 0 Å². The fraction of sp³-hybridized carbons (Fsp3) is 0. The molecule has 0 atom stereocenters. The van der Waals surface area contributed by atoms with Crippen LogP contribution in [0.5, 0.6) is 0 Å². The topological polar surface area (TPSA) is 95.4 Å². The Morgan fingerprint density at radius 1 is 1.33 bits per heavy atom. The van der Waals surface area contributed by atoms with Crippen molar-refractivity contribution in [1.82, 2.24) is 30.4 Å². The van der Waals surface area contributed by atoms with Crippen LogP contribution in [0.3, 0.4) is 0 Å². The number of nitrogens with zero attached hydrogens (tertiary/aromatic N) is 6. The third-order valence-corrected chi connectivity index (χ3v) is 1.32. The lowest BCUT2D eigenvalue weighted by molar-refractivity contribution is 0.773. The molecule has 0 bridgehead atoms. The van der Waals surface area contributed by atoms with Gasteiger partial charge in [-0.15, -0.1) is 15.3 Å². The molecule has 2 aromatic rings. The average Bonchev–Trinajstić information content (AvgIpc) is 2.57. The second-order valence-electron chi connectivity index (χ2n) is 2.05. The molecule has 0 saturated carbocycles. The molecule has 0 spiro atoms. The van der Waals surface area contributed by atoms with Crippen LogP contribution < -0.4 is 5.73 Å². The van der Waals surface area contributed by atoms with Crippen LogP contribution >= 0.6 is 0 Å². The standard InChI is InChI=1S/C5H5N7/c6-5-4(3-8-10-9-5)12-2-1-7-11-12/h1-3H,(H2,6,8,9). The molecule has 60 valence electrons. The zero-order valence-electron chi connectivity index (χ0n) is 5.99. The van der Waals surface area contributed by atoms with Crippen LogP contribution in [0, 0.1) is 0 Å². The van der Waals surface area contributed by atoms with Gasteiger partial charge in [-0.1, -0.05) is 5.21 Å². The summed E-state index contributed by atoms with van der Waals surface area (Å²) in [6.45, 7) is 0. The second-order valence-corrected chi connectivity index (χ2v) is 2.05. The summed E-state index contributed by atoms with van der Waals surface area (Å²) in [6.07, 6.45) is 4.66. The summed E-state index contributed by atoms with van der Waals surface area (Å²) in [5.74, 6) is 0.274. The van der Waals surface area contributed by atoms with E-state index >= 15 is 0 Å². The van der Waals surface area contributed by atoms with Crippen molar-refractivity contribution in [1.29, 1.82) is 0 Å². The molecule has 0 aliphatic heterocycles. The summed E-state index contributed by atoms with van der Waals surface area (Å²) in [7, 11) is 0. The van der Waals surface area contributed by atoms with Gasteiger partial charge in [-0.3, -0.25) is 0 Å². The lowest BCUT2D eigenvalue weighted by atomic mass is 10.5. The lowest BCUT2D eigenvalue weighted by Gasteiger charge is -1.99. The van der Waals surface area contributed by atoms with Crippen LogP contribution in [0.25, 0.3) is 5.69 Å². The Morgan fingerprint density at radius 2 is 2.25 bits per heavy atom. The fourth-order valence-electron chi connectivity index (χ4n) is 0.785. The van der Waals surface area contributed by atoms with E-state index in [1.807, 2.05) is 0 Å². The molecule has 7 heteroatoms. The Kier molecular flexibility index (Phi) is 1.40. The molecule has 0 radical (unpaired) electrons. The van der Waals surface area contributed by atoms with Crippen molar-refractivity contribution in [3.05, 3.63) is 18.6 Å². The van der Waals surface area contributed by atoms with Crippen LogP contribution in [0.4, 0.5) is 5.82 Å². The maximum atomic E-state index is 5.51. The molecule has 0 amide bonds. The summed E-state index contributed by atoms with van der Waals surface area (Å²) in [6, 6.07) is 0. The Hall–Kier alpha value is -2.05. The van der Waals surface area contributed by atoms with Gasteiger partial charge in [0.1, 0.15) is 5.69 Å². The highest BCUT2D eigenvalue weighted by atomic mass is 15.4. The van der Waals surface area contributed by atoms with E-state index in [2.05, 4.69) is 25.7 Å². The van der Waals surface area contributed by atoms with Crippen molar-refractivity contribution in [2.75, 3.05) is 5.73 Å². The molecule has 0 unspecified atom stereocenters. The summed E-state index contributed by atoms with van der Waals surface area (Å²) in [5, 5.41) is 17.9. The molecule has 0 aliphatic rings. The van der Waals surface area contributed by atoms with Gasteiger partial charge in [0.2, 0.25) is 0 Å². The van der Waals surface area contributed by atoms with E-state index in [0.717, 1.165) is 0 Å². The van der Waals surface area contributed by atoms with E-state index in [4.69, 9.17) is 5.73 Å². The quantitative estimate of drug-likeness (QED) is 0.581. The van der Waals surface area contributed by atoms with E-state index in [9.17, 15) is 0 Å². The van der Waals surface area contributed by atoms with Crippen molar-refractivity contribution in [2.24, 2.45) is 0 Å². The van der Waals surface area contributed by atoms with Crippen LogP contribution in [-0.2, 0) is 0 Å². The Bertz CT molecular complexity index is 367. The van der Waals surface area contributed by atoms with E-state index < -0.39 is 0 Å². The normalized spacial score (nSPS) is 10.0. The third kappa shape index (κ3) is 0.965. The third-order valence-electron chi connectivity index (χ3n) is 1.32. The minimum atomic E-state index is 0.274. The molecular weight excluding hydrogens is 158 g/mol.